The lowest BCUT2D eigenvalue weighted by molar-refractivity contribution is 0.0519. The van der Waals surface area contributed by atoms with E-state index in [1.807, 2.05) is 13.1 Å². The molecule has 0 aromatic carbocycles. The smallest absolute Gasteiger partial charge is 0.358 e. The van der Waals surface area contributed by atoms with Crippen LogP contribution in [0.4, 0.5) is 0 Å². The number of hydrogen-bond donors (Lipinski definition) is 0. The number of rotatable bonds is 5. The van der Waals surface area contributed by atoms with E-state index in [4.69, 9.17) is 4.74 Å². The normalized spacial score (nSPS) is 17.3. The van der Waals surface area contributed by atoms with Gasteiger partial charge < -0.3 is 9.30 Å². The van der Waals surface area contributed by atoms with E-state index in [1.165, 1.54) is 19.3 Å². The molecular formula is C14H22N2O2. The molecule has 1 aromatic rings. The highest BCUT2D eigenvalue weighted by Gasteiger charge is 2.27. The SMILES string of the molecule is CCOC(=O)c1cn([C@H](C)C2CCC2)c(CC)n1. The zero-order valence-corrected chi connectivity index (χ0v) is 11.5. The minimum Gasteiger partial charge on any atom is -0.461 e. The molecule has 100 valence electrons. The lowest BCUT2D eigenvalue weighted by atomic mass is 9.80. The van der Waals surface area contributed by atoms with Crippen molar-refractivity contribution in [3.8, 4) is 0 Å². The van der Waals surface area contributed by atoms with E-state index in [0.717, 1.165) is 18.2 Å². The molecule has 1 saturated carbocycles. The van der Waals surface area contributed by atoms with Crippen molar-refractivity contribution < 1.29 is 9.53 Å². The standard InChI is InChI=1S/C14H22N2O2/c1-4-13-15-12(14(17)18-5-2)9-16(13)10(3)11-7-6-8-11/h9-11H,4-8H2,1-3H3/t10-/m1/s1. The van der Waals surface area contributed by atoms with Gasteiger partial charge in [0.05, 0.1) is 6.61 Å². The second-order valence-electron chi connectivity index (χ2n) is 4.96. The first-order valence-electron chi connectivity index (χ1n) is 6.92. The number of esters is 1. The summed E-state index contributed by atoms with van der Waals surface area (Å²) in [5.41, 5.74) is 0.444. The van der Waals surface area contributed by atoms with Crippen molar-refractivity contribution in [3.63, 3.8) is 0 Å². The van der Waals surface area contributed by atoms with Gasteiger partial charge >= 0.3 is 5.97 Å². The molecule has 18 heavy (non-hydrogen) atoms. The van der Waals surface area contributed by atoms with Crippen molar-refractivity contribution in [1.82, 2.24) is 9.55 Å². The maximum Gasteiger partial charge on any atom is 0.358 e. The van der Waals surface area contributed by atoms with Crippen LogP contribution in [0.3, 0.4) is 0 Å². The van der Waals surface area contributed by atoms with Crippen molar-refractivity contribution in [2.45, 2.75) is 52.5 Å². The summed E-state index contributed by atoms with van der Waals surface area (Å²) < 4.78 is 7.17. The Kier molecular flexibility index (Phi) is 4.04. The van der Waals surface area contributed by atoms with E-state index in [1.54, 1.807) is 0 Å². The maximum atomic E-state index is 11.7. The van der Waals surface area contributed by atoms with Crippen LogP contribution in [0, 0.1) is 5.92 Å². The molecule has 1 aliphatic carbocycles. The Bertz CT molecular complexity index is 421. The zero-order chi connectivity index (χ0) is 13.1. The van der Waals surface area contributed by atoms with Gasteiger partial charge in [0.15, 0.2) is 5.69 Å². The van der Waals surface area contributed by atoms with Gasteiger partial charge in [0.1, 0.15) is 5.82 Å². The lowest BCUT2D eigenvalue weighted by Gasteiger charge is -2.32. The van der Waals surface area contributed by atoms with Gasteiger partial charge in [-0.05, 0) is 32.6 Å². The van der Waals surface area contributed by atoms with Gasteiger partial charge in [-0.15, -0.1) is 0 Å². The molecule has 0 radical (unpaired) electrons. The molecule has 1 heterocycles. The van der Waals surface area contributed by atoms with Crippen LogP contribution in [-0.2, 0) is 11.2 Å². The molecule has 0 amide bonds. The summed E-state index contributed by atoms with van der Waals surface area (Å²) in [7, 11) is 0. The first-order chi connectivity index (χ1) is 8.67. The molecule has 1 aromatic heterocycles. The second kappa shape index (κ2) is 5.55. The number of nitrogens with zero attached hydrogens (tertiary/aromatic N) is 2. The molecule has 4 heteroatoms. The van der Waals surface area contributed by atoms with Gasteiger partial charge in [-0.1, -0.05) is 13.3 Å². The number of aromatic nitrogens is 2. The summed E-state index contributed by atoms with van der Waals surface area (Å²) in [4.78, 5) is 16.1. The van der Waals surface area contributed by atoms with Crippen LogP contribution in [0.1, 0.15) is 62.4 Å². The summed E-state index contributed by atoms with van der Waals surface area (Å²) in [6.45, 7) is 6.50. The van der Waals surface area contributed by atoms with Crippen molar-refractivity contribution in [3.05, 3.63) is 17.7 Å². The van der Waals surface area contributed by atoms with Crippen molar-refractivity contribution in [1.29, 1.82) is 0 Å². The molecule has 1 atom stereocenters. The first-order valence-corrected chi connectivity index (χ1v) is 6.92. The number of carbonyl (C=O) groups is 1. The third kappa shape index (κ3) is 2.42. The Morgan fingerprint density at radius 3 is 2.78 bits per heavy atom. The Morgan fingerprint density at radius 1 is 1.56 bits per heavy atom. The van der Waals surface area contributed by atoms with Crippen molar-refractivity contribution in [2.75, 3.05) is 6.61 Å². The first kappa shape index (κ1) is 13.1. The molecule has 2 rings (SSSR count). The van der Waals surface area contributed by atoms with Crippen LogP contribution in [-0.4, -0.2) is 22.1 Å². The number of hydrogen-bond acceptors (Lipinski definition) is 3. The molecular weight excluding hydrogens is 228 g/mol. The quantitative estimate of drug-likeness (QED) is 0.755. The molecule has 0 bridgehead atoms. The predicted molar refractivity (Wildman–Crippen MR) is 69.6 cm³/mol. The van der Waals surface area contributed by atoms with Crippen LogP contribution in [0.2, 0.25) is 0 Å². The van der Waals surface area contributed by atoms with E-state index < -0.39 is 0 Å². The maximum absolute atomic E-state index is 11.7. The van der Waals surface area contributed by atoms with Gasteiger partial charge in [0.2, 0.25) is 0 Å². The minimum atomic E-state index is -0.313. The van der Waals surface area contributed by atoms with E-state index in [9.17, 15) is 4.79 Å². The van der Waals surface area contributed by atoms with Gasteiger partial charge in [-0.3, -0.25) is 0 Å². The highest BCUT2D eigenvalue weighted by Crippen LogP contribution is 2.36. The minimum absolute atomic E-state index is 0.313. The van der Waals surface area contributed by atoms with Crippen LogP contribution in [0.15, 0.2) is 6.20 Å². The monoisotopic (exact) mass is 250 g/mol. The molecule has 1 fully saturated rings. The largest absolute Gasteiger partial charge is 0.461 e. The number of imidazole rings is 1. The predicted octanol–water partition coefficient (Wildman–Crippen LogP) is 2.98. The van der Waals surface area contributed by atoms with Crippen LogP contribution >= 0.6 is 0 Å². The van der Waals surface area contributed by atoms with Crippen molar-refractivity contribution in [2.24, 2.45) is 5.92 Å². The fraction of sp³-hybridized carbons (Fsp3) is 0.714. The van der Waals surface area contributed by atoms with Gasteiger partial charge in [0.25, 0.3) is 0 Å². The Hall–Kier alpha value is -1.32. The van der Waals surface area contributed by atoms with Gasteiger partial charge in [-0.2, -0.15) is 0 Å². The number of carbonyl (C=O) groups excluding carboxylic acids is 1. The Labute approximate surface area is 108 Å². The molecule has 0 aliphatic heterocycles. The Balaban J connectivity index is 2.20. The number of aryl methyl sites for hydroxylation is 1. The molecule has 0 spiro atoms. The topological polar surface area (TPSA) is 44.1 Å². The molecule has 4 nitrogen and oxygen atoms in total. The summed E-state index contributed by atoms with van der Waals surface area (Å²) in [5.74, 6) is 1.41. The highest BCUT2D eigenvalue weighted by atomic mass is 16.5. The lowest BCUT2D eigenvalue weighted by Crippen LogP contribution is -2.23. The third-order valence-electron chi connectivity index (χ3n) is 3.88. The fourth-order valence-electron chi connectivity index (χ4n) is 2.50. The molecule has 0 saturated heterocycles. The summed E-state index contributed by atoms with van der Waals surface area (Å²) in [6.07, 6.45) is 6.61. The highest BCUT2D eigenvalue weighted by molar-refractivity contribution is 5.87. The molecule has 0 unspecified atom stereocenters. The van der Waals surface area contributed by atoms with Crippen LogP contribution in [0.25, 0.3) is 0 Å². The van der Waals surface area contributed by atoms with Crippen LogP contribution < -0.4 is 0 Å². The molecule has 1 aliphatic rings. The van der Waals surface area contributed by atoms with Crippen molar-refractivity contribution >= 4 is 5.97 Å². The van der Waals surface area contributed by atoms with Gasteiger partial charge in [-0.25, -0.2) is 9.78 Å². The third-order valence-corrected chi connectivity index (χ3v) is 3.88. The average molecular weight is 250 g/mol. The average Bonchev–Trinajstić information content (AvgIpc) is 2.70. The van der Waals surface area contributed by atoms with E-state index >= 15 is 0 Å². The fourth-order valence-corrected chi connectivity index (χ4v) is 2.50. The van der Waals surface area contributed by atoms with E-state index in [0.29, 0.717) is 18.3 Å². The molecule has 0 N–H and O–H groups in total. The van der Waals surface area contributed by atoms with E-state index in [2.05, 4.69) is 23.4 Å². The van der Waals surface area contributed by atoms with Crippen LogP contribution in [0.5, 0.6) is 0 Å². The summed E-state index contributed by atoms with van der Waals surface area (Å²) in [6, 6.07) is 0.435. The number of ether oxygens (including phenoxy) is 1. The summed E-state index contributed by atoms with van der Waals surface area (Å²) in [5, 5.41) is 0. The summed E-state index contributed by atoms with van der Waals surface area (Å²) >= 11 is 0. The zero-order valence-electron chi connectivity index (χ0n) is 11.5. The Morgan fingerprint density at radius 2 is 2.28 bits per heavy atom. The van der Waals surface area contributed by atoms with E-state index in [-0.39, 0.29) is 5.97 Å². The van der Waals surface area contributed by atoms with Gasteiger partial charge in [0, 0.05) is 18.7 Å². The second-order valence-corrected chi connectivity index (χ2v) is 4.96.